The summed E-state index contributed by atoms with van der Waals surface area (Å²) in [5.41, 5.74) is 1.74. The standard InChI is InChI=1S/C23H23N5O4S2/c1-4-19(29)25-8-9-26-22(31)16-11-18(14(2)10-17(16)32-3)33-20-13-27-23(34-20)28-21(30)15-6-5-7-24-12-15/h4-7,10-13H,1,8-9H2,2-3H3,(H,25,29)(H,26,31)(H,27,28,30). The van der Waals surface area contributed by atoms with E-state index in [0.29, 0.717) is 22.0 Å². The molecule has 3 aromatic rings. The number of carbonyl (C=O) groups is 3. The Morgan fingerprint density at radius 2 is 1.97 bits per heavy atom. The predicted octanol–water partition coefficient (Wildman–Crippen LogP) is 3.29. The Morgan fingerprint density at radius 1 is 1.18 bits per heavy atom. The summed E-state index contributed by atoms with van der Waals surface area (Å²) < 4.78 is 6.23. The van der Waals surface area contributed by atoms with E-state index < -0.39 is 0 Å². The molecule has 0 saturated heterocycles. The molecule has 0 atom stereocenters. The number of aromatic nitrogens is 2. The lowest BCUT2D eigenvalue weighted by Crippen LogP contribution is -2.34. The quantitative estimate of drug-likeness (QED) is 0.290. The van der Waals surface area contributed by atoms with Gasteiger partial charge < -0.3 is 15.4 Å². The first-order valence-electron chi connectivity index (χ1n) is 10.1. The average Bonchev–Trinajstić information content (AvgIpc) is 3.29. The van der Waals surface area contributed by atoms with E-state index in [1.54, 1.807) is 36.7 Å². The van der Waals surface area contributed by atoms with Crippen LogP contribution in [0, 0.1) is 6.92 Å². The van der Waals surface area contributed by atoms with Crippen molar-refractivity contribution in [1.82, 2.24) is 20.6 Å². The third kappa shape index (κ3) is 6.65. The monoisotopic (exact) mass is 497 g/mol. The molecule has 3 N–H and O–H groups in total. The maximum Gasteiger partial charge on any atom is 0.259 e. The number of hydrogen-bond acceptors (Lipinski definition) is 8. The van der Waals surface area contributed by atoms with Crippen LogP contribution in [0.2, 0.25) is 0 Å². The van der Waals surface area contributed by atoms with Gasteiger partial charge in [0.25, 0.3) is 11.8 Å². The van der Waals surface area contributed by atoms with Crippen molar-refractivity contribution in [1.29, 1.82) is 0 Å². The van der Waals surface area contributed by atoms with E-state index in [2.05, 4.69) is 32.5 Å². The average molecular weight is 498 g/mol. The molecule has 2 heterocycles. The van der Waals surface area contributed by atoms with Gasteiger partial charge in [0.15, 0.2) is 5.13 Å². The van der Waals surface area contributed by atoms with E-state index >= 15 is 0 Å². The van der Waals surface area contributed by atoms with Crippen LogP contribution in [0.3, 0.4) is 0 Å². The summed E-state index contributed by atoms with van der Waals surface area (Å²) in [7, 11) is 1.50. The SMILES string of the molecule is C=CC(=O)NCCNC(=O)c1cc(Sc2cnc(NC(=O)c3cccnc3)s2)c(C)cc1OC. The van der Waals surface area contributed by atoms with Gasteiger partial charge in [0.2, 0.25) is 5.91 Å². The van der Waals surface area contributed by atoms with Gasteiger partial charge in [-0.15, -0.1) is 0 Å². The summed E-state index contributed by atoms with van der Waals surface area (Å²) in [6.45, 7) is 5.84. The molecule has 3 amide bonds. The second-order valence-corrected chi connectivity index (χ2v) is 9.22. The molecule has 0 radical (unpaired) electrons. The lowest BCUT2D eigenvalue weighted by molar-refractivity contribution is -0.116. The molecule has 3 rings (SSSR count). The van der Waals surface area contributed by atoms with Gasteiger partial charge in [-0.2, -0.15) is 0 Å². The Kier molecular flexibility index (Phi) is 8.77. The zero-order valence-corrected chi connectivity index (χ0v) is 20.2. The van der Waals surface area contributed by atoms with Crippen LogP contribution in [0.15, 0.2) is 64.6 Å². The Hall–Kier alpha value is -3.70. The molecule has 34 heavy (non-hydrogen) atoms. The maximum absolute atomic E-state index is 12.7. The number of rotatable bonds is 10. The number of nitrogens with one attached hydrogen (secondary N) is 3. The second-order valence-electron chi connectivity index (χ2n) is 6.85. The fourth-order valence-corrected chi connectivity index (χ4v) is 4.72. The molecule has 1 aromatic carbocycles. The van der Waals surface area contributed by atoms with Crippen LogP contribution in [0.25, 0.3) is 0 Å². The summed E-state index contributed by atoms with van der Waals surface area (Å²) in [4.78, 5) is 45.3. The third-order valence-electron chi connectivity index (χ3n) is 4.48. The second kappa shape index (κ2) is 12.0. The molecule has 0 spiro atoms. The lowest BCUT2D eigenvalue weighted by Gasteiger charge is -2.13. The molecule has 0 unspecified atom stereocenters. The Morgan fingerprint density at radius 3 is 2.68 bits per heavy atom. The predicted molar refractivity (Wildman–Crippen MR) is 132 cm³/mol. The highest BCUT2D eigenvalue weighted by atomic mass is 32.2. The largest absolute Gasteiger partial charge is 0.496 e. The van der Waals surface area contributed by atoms with Gasteiger partial charge in [0.05, 0.1) is 28.6 Å². The first-order chi connectivity index (χ1) is 16.4. The normalized spacial score (nSPS) is 10.3. The Bertz CT molecular complexity index is 1200. The molecule has 0 saturated carbocycles. The third-order valence-corrected chi connectivity index (χ3v) is 6.65. The highest BCUT2D eigenvalue weighted by Gasteiger charge is 2.17. The molecule has 0 aliphatic heterocycles. The van der Waals surface area contributed by atoms with E-state index in [-0.39, 0.29) is 30.8 Å². The maximum atomic E-state index is 12.7. The number of hydrogen-bond donors (Lipinski definition) is 3. The van der Waals surface area contributed by atoms with Gasteiger partial charge in [0.1, 0.15) is 5.75 Å². The molecule has 176 valence electrons. The van der Waals surface area contributed by atoms with Crippen LogP contribution < -0.4 is 20.7 Å². The molecule has 0 fully saturated rings. The van der Waals surface area contributed by atoms with Gasteiger partial charge in [0, 0.05) is 30.4 Å². The van der Waals surface area contributed by atoms with Crippen molar-refractivity contribution in [3.05, 3.63) is 72.2 Å². The van der Waals surface area contributed by atoms with Crippen LogP contribution in [-0.4, -0.2) is 47.9 Å². The highest BCUT2D eigenvalue weighted by Crippen LogP contribution is 2.38. The zero-order valence-electron chi connectivity index (χ0n) is 18.6. The lowest BCUT2D eigenvalue weighted by atomic mass is 10.1. The first-order valence-corrected chi connectivity index (χ1v) is 11.8. The van der Waals surface area contributed by atoms with E-state index in [4.69, 9.17) is 4.74 Å². The Labute approximate surface area is 205 Å². The minimum absolute atomic E-state index is 0.257. The minimum Gasteiger partial charge on any atom is -0.496 e. The number of aryl methyl sites for hydroxylation is 1. The van der Waals surface area contributed by atoms with Crippen LogP contribution in [0.4, 0.5) is 5.13 Å². The molecule has 0 aliphatic rings. The molecule has 2 aromatic heterocycles. The molecule has 9 nitrogen and oxygen atoms in total. The molecular formula is C23H23N5O4S2. The van der Waals surface area contributed by atoms with Gasteiger partial charge in [-0.05, 0) is 42.8 Å². The number of pyridine rings is 1. The number of thiazole rings is 1. The summed E-state index contributed by atoms with van der Waals surface area (Å²) in [5.74, 6) is -0.465. The number of benzene rings is 1. The van der Waals surface area contributed by atoms with Crippen molar-refractivity contribution < 1.29 is 19.1 Å². The topological polar surface area (TPSA) is 122 Å². The number of anilines is 1. The zero-order chi connectivity index (χ0) is 24.5. The van der Waals surface area contributed by atoms with Gasteiger partial charge in [-0.1, -0.05) is 29.7 Å². The summed E-state index contributed by atoms with van der Waals surface area (Å²) in [6, 6.07) is 6.91. The van der Waals surface area contributed by atoms with Crippen LogP contribution >= 0.6 is 23.1 Å². The smallest absolute Gasteiger partial charge is 0.259 e. The van der Waals surface area contributed by atoms with Crippen LogP contribution in [0.1, 0.15) is 26.3 Å². The fourth-order valence-electron chi connectivity index (χ4n) is 2.79. The van der Waals surface area contributed by atoms with E-state index in [0.717, 1.165) is 14.7 Å². The fraction of sp³-hybridized carbons (Fsp3) is 0.174. The molecular weight excluding hydrogens is 474 g/mol. The number of carbonyl (C=O) groups excluding carboxylic acids is 3. The molecule has 11 heteroatoms. The van der Waals surface area contributed by atoms with E-state index in [9.17, 15) is 14.4 Å². The van der Waals surface area contributed by atoms with Crippen molar-refractivity contribution in [2.75, 3.05) is 25.5 Å². The summed E-state index contributed by atoms with van der Waals surface area (Å²) in [6.07, 6.45) is 5.92. The number of methoxy groups -OCH3 is 1. The van der Waals surface area contributed by atoms with Gasteiger partial charge >= 0.3 is 0 Å². The van der Waals surface area contributed by atoms with Gasteiger partial charge in [-0.3, -0.25) is 24.7 Å². The van der Waals surface area contributed by atoms with Crippen molar-refractivity contribution in [2.24, 2.45) is 0 Å². The summed E-state index contributed by atoms with van der Waals surface area (Å²) >= 11 is 2.76. The minimum atomic E-state index is -0.319. The van der Waals surface area contributed by atoms with Gasteiger partial charge in [-0.25, -0.2) is 4.98 Å². The number of ether oxygens (including phenoxy) is 1. The number of nitrogens with zero attached hydrogens (tertiary/aromatic N) is 2. The molecule has 0 bridgehead atoms. The van der Waals surface area contributed by atoms with E-state index in [1.807, 2.05) is 6.92 Å². The van der Waals surface area contributed by atoms with Crippen molar-refractivity contribution in [2.45, 2.75) is 16.0 Å². The Balaban J connectivity index is 1.69. The number of amides is 3. The van der Waals surface area contributed by atoms with Crippen LogP contribution in [-0.2, 0) is 4.79 Å². The van der Waals surface area contributed by atoms with Crippen molar-refractivity contribution >= 4 is 46.0 Å². The first kappa shape index (κ1) is 24.9. The van der Waals surface area contributed by atoms with Crippen molar-refractivity contribution in [3.8, 4) is 5.75 Å². The van der Waals surface area contributed by atoms with Crippen LogP contribution in [0.5, 0.6) is 5.75 Å². The highest BCUT2D eigenvalue weighted by molar-refractivity contribution is 8.01. The van der Waals surface area contributed by atoms with E-state index in [1.165, 1.54) is 42.5 Å². The molecule has 0 aliphatic carbocycles. The van der Waals surface area contributed by atoms with Crippen molar-refractivity contribution in [3.63, 3.8) is 0 Å². The summed E-state index contributed by atoms with van der Waals surface area (Å²) in [5, 5.41) is 8.59.